The second-order valence-corrected chi connectivity index (χ2v) is 7.89. The second-order valence-electron chi connectivity index (χ2n) is 5.60. The molecule has 3 aromatic rings. The minimum Gasteiger partial charge on any atom is -0.443 e. The summed E-state index contributed by atoms with van der Waals surface area (Å²) in [5.74, 6) is -2.47. The number of nitrogens with one attached hydrogen (secondary N) is 1. The molecule has 152 valence electrons. The highest BCUT2D eigenvalue weighted by molar-refractivity contribution is 7.91. The summed E-state index contributed by atoms with van der Waals surface area (Å²) in [7, 11) is -2.91. The standard InChI is InChI=1S/C17H13ClF2N4O4S/c1-21-17(25)28-9-10-7-15(29(26,27)11-5-6-14(18)22-8-11)24(23-10)13-4-2-3-12(19)16(13)20/h2-8H,9H2,1H3,(H,21,25). The van der Waals surface area contributed by atoms with E-state index in [2.05, 4.69) is 15.4 Å². The van der Waals surface area contributed by atoms with E-state index in [0.29, 0.717) is 0 Å². The highest BCUT2D eigenvalue weighted by atomic mass is 35.5. The van der Waals surface area contributed by atoms with Crippen molar-refractivity contribution in [2.75, 3.05) is 7.05 Å². The Morgan fingerprint density at radius 2 is 2.03 bits per heavy atom. The zero-order chi connectivity index (χ0) is 21.2. The number of aromatic nitrogens is 3. The molecule has 0 fully saturated rings. The maximum absolute atomic E-state index is 14.3. The Labute approximate surface area is 169 Å². The van der Waals surface area contributed by atoms with Crippen LogP contribution in [-0.4, -0.2) is 36.3 Å². The molecule has 3 rings (SSSR count). The van der Waals surface area contributed by atoms with Crippen molar-refractivity contribution in [1.82, 2.24) is 20.1 Å². The number of alkyl carbamates (subject to hydrolysis) is 1. The van der Waals surface area contributed by atoms with Gasteiger partial charge in [0.2, 0.25) is 9.84 Å². The lowest BCUT2D eigenvalue weighted by molar-refractivity contribution is 0.140. The quantitative estimate of drug-likeness (QED) is 0.609. The number of benzene rings is 1. The minimum atomic E-state index is -4.25. The van der Waals surface area contributed by atoms with Crippen LogP contribution in [0.3, 0.4) is 0 Å². The smallest absolute Gasteiger partial charge is 0.407 e. The lowest BCUT2D eigenvalue weighted by Crippen LogP contribution is -2.19. The van der Waals surface area contributed by atoms with E-state index in [0.717, 1.165) is 29.1 Å². The third kappa shape index (κ3) is 4.20. The average Bonchev–Trinajstić information content (AvgIpc) is 3.13. The zero-order valence-corrected chi connectivity index (χ0v) is 16.3. The Balaban J connectivity index is 2.16. The monoisotopic (exact) mass is 442 g/mol. The van der Waals surface area contributed by atoms with E-state index in [4.69, 9.17) is 16.3 Å². The van der Waals surface area contributed by atoms with Crippen molar-refractivity contribution >= 4 is 27.5 Å². The number of halogens is 3. The molecule has 0 bridgehead atoms. The van der Waals surface area contributed by atoms with Crippen molar-refractivity contribution in [2.45, 2.75) is 16.5 Å². The summed E-state index contributed by atoms with van der Waals surface area (Å²) in [6.07, 6.45) is 0.250. The molecule has 8 nitrogen and oxygen atoms in total. The molecule has 0 atom stereocenters. The van der Waals surface area contributed by atoms with Crippen molar-refractivity contribution in [3.05, 3.63) is 65.1 Å². The Kier molecular flexibility index (Phi) is 5.80. The van der Waals surface area contributed by atoms with Gasteiger partial charge < -0.3 is 10.1 Å². The molecule has 12 heteroatoms. The number of hydrogen-bond acceptors (Lipinski definition) is 6. The van der Waals surface area contributed by atoms with Crippen LogP contribution in [0.25, 0.3) is 5.69 Å². The topological polar surface area (TPSA) is 103 Å². The number of carbonyl (C=O) groups is 1. The summed E-state index contributed by atoms with van der Waals surface area (Å²) in [4.78, 5) is 14.8. The molecular weight excluding hydrogens is 430 g/mol. The fourth-order valence-electron chi connectivity index (χ4n) is 2.35. The van der Waals surface area contributed by atoms with E-state index in [1.807, 2.05) is 0 Å². The van der Waals surface area contributed by atoms with E-state index >= 15 is 0 Å². The van der Waals surface area contributed by atoms with Gasteiger partial charge in [0.15, 0.2) is 16.7 Å². The predicted octanol–water partition coefficient (Wildman–Crippen LogP) is 2.89. The van der Waals surface area contributed by atoms with Crippen LogP contribution in [0.2, 0.25) is 5.15 Å². The molecule has 0 saturated carbocycles. The first-order chi connectivity index (χ1) is 13.7. The molecular formula is C17H13ClF2N4O4S. The van der Waals surface area contributed by atoms with Crippen molar-refractivity contribution in [2.24, 2.45) is 0 Å². The van der Waals surface area contributed by atoms with Gasteiger partial charge in [0.25, 0.3) is 0 Å². The molecule has 0 radical (unpaired) electrons. The highest BCUT2D eigenvalue weighted by Crippen LogP contribution is 2.27. The van der Waals surface area contributed by atoms with Gasteiger partial charge in [0, 0.05) is 19.3 Å². The number of amides is 1. The largest absolute Gasteiger partial charge is 0.443 e. The molecule has 29 heavy (non-hydrogen) atoms. The predicted molar refractivity (Wildman–Crippen MR) is 97.4 cm³/mol. The Hall–Kier alpha value is -3.05. The second kappa shape index (κ2) is 8.13. The number of sulfone groups is 1. The van der Waals surface area contributed by atoms with Crippen molar-refractivity contribution in [1.29, 1.82) is 0 Å². The summed E-state index contributed by atoms with van der Waals surface area (Å²) < 4.78 is 59.7. The maximum atomic E-state index is 14.3. The van der Waals surface area contributed by atoms with Crippen LogP contribution in [0.4, 0.5) is 13.6 Å². The third-order valence-electron chi connectivity index (χ3n) is 3.73. The van der Waals surface area contributed by atoms with E-state index in [9.17, 15) is 22.0 Å². The molecule has 0 saturated heterocycles. The third-order valence-corrected chi connectivity index (χ3v) is 5.65. The van der Waals surface area contributed by atoms with Crippen LogP contribution in [0.1, 0.15) is 5.69 Å². The van der Waals surface area contributed by atoms with Crippen molar-refractivity contribution in [3.63, 3.8) is 0 Å². The Morgan fingerprint density at radius 3 is 2.69 bits per heavy atom. The van der Waals surface area contributed by atoms with Crippen LogP contribution >= 0.6 is 11.6 Å². The number of ether oxygens (including phenoxy) is 1. The molecule has 1 aromatic carbocycles. The number of pyridine rings is 1. The van der Waals surface area contributed by atoms with Gasteiger partial charge in [-0.25, -0.2) is 31.7 Å². The van der Waals surface area contributed by atoms with Crippen LogP contribution in [-0.2, 0) is 21.2 Å². The van der Waals surface area contributed by atoms with E-state index in [1.54, 1.807) is 0 Å². The lowest BCUT2D eigenvalue weighted by atomic mass is 10.3. The first kappa shape index (κ1) is 20.7. The molecule has 2 heterocycles. The first-order valence-corrected chi connectivity index (χ1v) is 9.84. The lowest BCUT2D eigenvalue weighted by Gasteiger charge is -2.09. The summed E-state index contributed by atoms with van der Waals surface area (Å²) in [5, 5.41) is 5.81. The zero-order valence-electron chi connectivity index (χ0n) is 14.8. The van der Waals surface area contributed by atoms with Gasteiger partial charge in [-0.3, -0.25) is 0 Å². The van der Waals surface area contributed by atoms with Crippen LogP contribution < -0.4 is 5.32 Å². The molecule has 2 aromatic heterocycles. The Bertz CT molecular complexity index is 1170. The summed E-state index contributed by atoms with van der Waals surface area (Å²) in [6, 6.07) is 6.83. The molecule has 1 N–H and O–H groups in total. The van der Waals surface area contributed by atoms with Gasteiger partial charge in [-0.1, -0.05) is 17.7 Å². The molecule has 0 spiro atoms. The van der Waals surface area contributed by atoms with Crippen LogP contribution in [0.5, 0.6) is 0 Å². The summed E-state index contributed by atoms with van der Waals surface area (Å²) >= 11 is 5.69. The number of carbonyl (C=O) groups excluding carboxylic acids is 1. The molecule has 0 aliphatic carbocycles. The molecule has 0 aliphatic rings. The van der Waals surface area contributed by atoms with Crippen molar-refractivity contribution < 1.29 is 26.7 Å². The van der Waals surface area contributed by atoms with Gasteiger partial charge in [-0.15, -0.1) is 0 Å². The van der Waals surface area contributed by atoms with Gasteiger partial charge in [0.05, 0.1) is 4.90 Å². The van der Waals surface area contributed by atoms with E-state index < -0.39 is 44.9 Å². The first-order valence-electron chi connectivity index (χ1n) is 7.98. The van der Waals surface area contributed by atoms with Gasteiger partial charge in [-0.05, 0) is 24.3 Å². The number of nitrogens with zero attached hydrogens (tertiary/aromatic N) is 3. The molecule has 1 amide bonds. The Morgan fingerprint density at radius 1 is 1.28 bits per heavy atom. The van der Waals surface area contributed by atoms with Gasteiger partial charge in [0.1, 0.15) is 23.1 Å². The minimum absolute atomic E-state index is 0.00208. The SMILES string of the molecule is CNC(=O)OCc1cc(S(=O)(=O)c2ccc(Cl)nc2)n(-c2cccc(F)c2F)n1. The fourth-order valence-corrected chi connectivity index (χ4v) is 3.80. The van der Waals surface area contributed by atoms with Crippen LogP contribution in [0.15, 0.2) is 52.5 Å². The van der Waals surface area contributed by atoms with E-state index in [-0.39, 0.29) is 15.7 Å². The average molecular weight is 443 g/mol. The van der Waals surface area contributed by atoms with Crippen LogP contribution in [0, 0.1) is 11.6 Å². The van der Waals surface area contributed by atoms with Gasteiger partial charge >= 0.3 is 6.09 Å². The van der Waals surface area contributed by atoms with Crippen molar-refractivity contribution in [3.8, 4) is 5.69 Å². The molecule has 0 aliphatic heterocycles. The number of rotatable bonds is 5. The summed E-state index contributed by atoms with van der Waals surface area (Å²) in [5.41, 5.74) is -0.436. The molecule has 0 unspecified atom stereocenters. The maximum Gasteiger partial charge on any atom is 0.407 e. The van der Waals surface area contributed by atoms with Gasteiger partial charge in [-0.2, -0.15) is 5.10 Å². The normalized spacial score (nSPS) is 11.3. The fraction of sp³-hybridized carbons (Fsp3) is 0.118. The highest BCUT2D eigenvalue weighted by Gasteiger charge is 2.27. The number of hydrogen-bond donors (Lipinski definition) is 1. The summed E-state index contributed by atoms with van der Waals surface area (Å²) in [6.45, 7) is -0.398. The van der Waals surface area contributed by atoms with E-state index in [1.165, 1.54) is 25.2 Å².